The quantitative estimate of drug-likeness (QED) is 0.784. The first kappa shape index (κ1) is 9.52. The maximum Gasteiger partial charge on any atom is 0.337 e. The Balaban J connectivity index is 2.49. The molecule has 3 nitrogen and oxygen atoms in total. The Morgan fingerprint density at radius 2 is 1.87 bits per heavy atom. The summed E-state index contributed by atoms with van der Waals surface area (Å²) in [5, 5.41) is 8.95. The first-order valence-electron chi connectivity index (χ1n) is 4.65. The van der Waals surface area contributed by atoms with Gasteiger partial charge in [-0.3, -0.25) is 0 Å². The number of hydrogen-bond donors (Lipinski definition) is 2. The highest BCUT2D eigenvalue weighted by Gasteiger charge is 2.11. The van der Waals surface area contributed by atoms with E-state index in [-0.39, 0.29) is 0 Å². The van der Waals surface area contributed by atoms with E-state index in [1.54, 1.807) is 6.20 Å². The zero-order valence-corrected chi connectivity index (χ0v) is 8.32. The highest BCUT2D eigenvalue weighted by atomic mass is 16.4. The number of hydrogen-bond acceptors (Lipinski definition) is 1. The van der Waals surface area contributed by atoms with Gasteiger partial charge >= 0.3 is 5.97 Å². The summed E-state index contributed by atoms with van der Waals surface area (Å²) in [6.07, 6.45) is 3.20. The van der Waals surface area contributed by atoms with Gasteiger partial charge in [0.05, 0.1) is 5.56 Å². The van der Waals surface area contributed by atoms with Crippen LogP contribution in [-0.2, 0) is 0 Å². The molecular weight excluding hydrogens is 190 g/mol. The molecule has 2 aromatic rings. The van der Waals surface area contributed by atoms with Crippen LogP contribution in [-0.4, -0.2) is 16.1 Å². The number of aromatic amines is 1. The molecule has 15 heavy (non-hydrogen) atoms. The van der Waals surface area contributed by atoms with Crippen LogP contribution in [0.15, 0.2) is 36.7 Å². The number of carbonyl (C=O) groups is 1. The Bertz CT molecular complexity index is 483. The maximum atomic E-state index is 10.9. The van der Waals surface area contributed by atoms with Gasteiger partial charge < -0.3 is 10.1 Å². The predicted octanol–water partition coefficient (Wildman–Crippen LogP) is 2.69. The molecule has 1 aromatic carbocycles. The molecular formula is C12H11NO2. The van der Waals surface area contributed by atoms with Crippen molar-refractivity contribution in [3.63, 3.8) is 0 Å². The Labute approximate surface area is 87.4 Å². The predicted molar refractivity (Wildman–Crippen MR) is 57.9 cm³/mol. The standard InChI is InChI=1S/C12H11NO2/c1-8-2-4-9(5-3-8)10-6-13-7-11(10)12(14)15/h2-7,13H,1H3,(H,14,15). The monoisotopic (exact) mass is 201 g/mol. The molecule has 0 saturated carbocycles. The number of H-pyrrole nitrogens is 1. The molecule has 0 unspecified atom stereocenters. The van der Waals surface area contributed by atoms with Crippen LogP contribution in [0.5, 0.6) is 0 Å². The summed E-state index contributed by atoms with van der Waals surface area (Å²) < 4.78 is 0. The number of rotatable bonds is 2. The van der Waals surface area contributed by atoms with Crippen molar-refractivity contribution in [1.82, 2.24) is 4.98 Å². The molecule has 76 valence electrons. The number of carboxylic acids is 1. The minimum atomic E-state index is -0.910. The molecule has 0 bridgehead atoms. The van der Waals surface area contributed by atoms with Crippen LogP contribution in [0.1, 0.15) is 15.9 Å². The van der Waals surface area contributed by atoms with Gasteiger partial charge in [0.15, 0.2) is 0 Å². The minimum absolute atomic E-state index is 0.304. The van der Waals surface area contributed by atoms with Gasteiger partial charge in [-0.15, -0.1) is 0 Å². The van der Waals surface area contributed by atoms with E-state index in [0.29, 0.717) is 5.56 Å². The van der Waals surface area contributed by atoms with Crippen molar-refractivity contribution in [3.05, 3.63) is 47.8 Å². The van der Waals surface area contributed by atoms with Crippen molar-refractivity contribution in [2.45, 2.75) is 6.92 Å². The van der Waals surface area contributed by atoms with Crippen LogP contribution >= 0.6 is 0 Å². The van der Waals surface area contributed by atoms with Gasteiger partial charge in [-0.2, -0.15) is 0 Å². The third kappa shape index (κ3) is 1.76. The van der Waals surface area contributed by atoms with E-state index < -0.39 is 5.97 Å². The molecule has 1 heterocycles. The number of carboxylic acid groups (broad SMARTS) is 1. The maximum absolute atomic E-state index is 10.9. The number of benzene rings is 1. The largest absolute Gasteiger partial charge is 0.478 e. The highest BCUT2D eigenvalue weighted by molar-refractivity contribution is 5.95. The second-order valence-electron chi connectivity index (χ2n) is 3.45. The molecule has 2 N–H and O–H groups in total. The molecule has 0 spiro atoms. The molecule has 0 saturated heterocycles. The first-order valence-corrected chi connectivity index (χ1v) is 4.65. The fourth-order valence-electron chi connectivity index (χ4n) is 1.51. The van der Waals surface area contributed by atoms with Crippen molar-refractivity contribution in [2.75, 3.05) is 0 Å². The molecule has 1 aromatic heterocycles. The summed E-state index contributed by atoms with van der Waals surface area (Å²) in [6.45, 7) is 2.00. The van der Waals surface area contributed by atoms with Gasteiger partial charge in [-0.1, -0.05) is 29.8 Å². The fraction of sp³-hybridized carbons (Fsp3) is 0.0833. The van der Waals surface area contributed by atoms with Crippen LogP contribution in [0.4, 0.5) is 0 Å². The van der Waals surface area contributed by atoms with Crippen LogP contribution in [0.2, 0.25) is 0 Å². The lowest BCUT2D eigenvalue weighted by molar-refractivity contribution is 0.0698. The lowest BCUT2D eigenvalue weighted by atomic mass is 10.0. The molecule has 2 rings (SSSR count). The fourth-order valence-corrected chi connectivity index (χ4v) is 1.51. The Morgan fingerprint density at radius 3 is 2.47 bits per heavy atom. The zero-order chi connectivity index (χ0) is 10.8. The smallest absolute Gasteiger partial charge is 0.337 e. The van der Waals surface area contributed by atoms with Gasteiger partial charge in [0, 0.05) is 18.0 Å². The van der Waals surface area contributed by atoms with Crippen LogP contribution in [0.3, 0.4) is 0 Å². The molecule has 0 aliphatic rings. The van der Waals surface area contributed by atoms with Gasteiger partial charge in [0.25, 0.3) is 0 Å². The summed E-state index contributed by atoms with van der Waals surface area (Å²) in [5.41, 5.74) is 3.10. The summed E-state index contributed by atoms with van der Waals surface area (Å²) >= 11 is 0. The van der Waals surface area contributed by atoms with Gasteiger partial charge in [-0.05, 0) is 12.5 Å². The van der Waals surface area contributed by atoms with Gasteiger partial charge in [0.1, 0.15) is 0 Å². The molecule has 0 aliphatic heterocycles. The lowest BCUT2D eigenvalue weighted by Gasteiger charge is -2.00. The molecule has 0 atom stereocenters. The Hall–Kier alpha value is -2.03. The average molecular weight is 201 g/mol. The molecule has 3 heteroatoms. The van der Waals surface area contributed by atoms with E-state index in [1.165, 1.54) is 6.20 Å². The third-order valence-electron chi connectivity index (χ3n) is 2.34. The topological polar surface area (TPSA) is 53.1 Å². The number of nitrogens with one attached hydrogen (secondary N) is 1. The van der Waals surface area contributed by atoms with Crippen molar-refractivity contribution in [1.29, 1.82) is 0 Å². The SMILES string of the molecule is Cc1ccc(-c2c[nH]cc2C(=O)O)cc1. The van der Waals surface area contributed by atoms with Crippen LogP contribution in [0.25, 0.3) is 11.1 Å². The van der Waals surface area contributed by atoms with E-state index in [0.717, 1.165) is 16.7 Å². The zero-order valence-electron chi connectivity index (χ0n) is 8.32. The third-order valence-corrected chi connectivity index (χ3v) is 2.34. The molecule has 0 radical (unpaired) electrons. The lowest BCUT2D eigenvalue weighted by Crippen LogP contribution is -1.95. The van der Waals surface area contributed by atoms with Crippen LogP contribution in [0, 0.1) is 6.92 Å². The normalized spacial score (nSPS) is 10.2. The van der Waals surface area contributed by atoms with Gasteiger partial charge in [0.2, 0.25) is 0 Å². The Kier molecular flexibility index (Phi) is 2.29. The first-order chi connectivity index (χ1) is 7.18. The Morgan fingerprint density at radius 1 is 1.20 bits per heavy atom. The average Bonchev–Trinajstić information content (AvgIpc) is 2.67. The van der Waals surface area contributed by atoms with E-state index in [2.05, 4.69) is 4.98 Å². The second kappa shape index (κ2) is 3.61. The second-order valence-corrected chi connectivity index (χ2v) is 3.45. The number of aryl methyl sites for hydroxylation is 1. The number of aromatic nitrogens is 1. The van der Waals surface area contributed by atoms with E-state index in [9.17, 15) is 4.79 Å². The van der Waals surface area contributed by atoms with Crippen molar-refractivity contribution < 1.29 is 9.90 Å². The van der Waals surface area contributed by atoms with E-state index in [1.807, 2.05) is 31.2 Å². The molecule has 0 aliphatic carbocycles. The van der Waals surface area contributed by atoms with Crippen LogP contribution < -0.4 is 0 Å². The summed E-state index contributed by atoms with van der Waals surface area (Å²) in [4.78, 5) is 13.7. The van der Waals surface area contributed by atoms with Crippen molar-refractivity contribution >= 4 is 5.97 Å². The summed E-state index contributed by atoms with van der Waals surface area (Å²) in [7, 11) is 0. The highest BCUT2D eigenvalue weighted by Crippen LogP contribution is 2.23. The summed E-state index contributed by atoms with van der Waals surface area (Å²) in [5.74, 6) is -0.910. The van der Waals surface area contributed by atoms with E-state index >= 15 is 0 Å². The van der Waals surface area contributed by atoms with Gasteiger partial charge in [-0.25, -0.2) is 4.79 Å². The number of aromatic carboxylic acids is 1. The van der Waals surface area contributed by atoms with E-state index in [4.69, 9.17) is 5.11 Å². The summed E-state index contributed by atoms with van der Waals surface area (Å²) in [6, 6.07) is 7.78. The minimum Gasteiger partial charge on any atom is -0.478 e. The molecule has 0 amide bonds. The van der Waals surface area contributed by atoms with Crippen molar-refractivity contribution in [3.8, 4) is 11.1 Å². The molecule has 0 fully saturated rings. The van der Waals surface area contributed by atoms with Crippen molar-refractivity contribution in [2.24, 2.45) is 0 Å².